The third-order valence-electron chi connectivity index (χ3n) is 4.45. The Balaban J connectivity index is 0.00000242. The molecule has 0 spiro atoms. The predicted octanol–water partition coefficient (Wildman–Crippen LogP) is 3.20. The number of piperidine rings is 1. The molecular formula is C18H29ClN2O. The van der Waals surface area contributed by atoms with E-state index in [1.165, 1.54) is 18.4 Å². The fourth-order valence-electron chi connectivity index (χ4n) is 2.91. The van der Waals surface area contributed by atoms with Crippen LogP contribution in [-0.4, -0.2) is 37.0 Å². The maximum Gasteiger partial charge on any atom is 0.226 e. The van der Waals surface area contributed by atoms with Crippen molar-refractivity contribution in [2.75, 3.05) is 20.1 Å². The number of amides is 1. The van der Waals surface area contributed by atoms with Crippen molar-refractivity contribution in [1.82, 2.24) is 10.2 Å². The van der Waals surface area contributed by atoms with E-state index in [9.17, 15) is 4.79 Å². The van der Waals surface area contributed by atoms with Crippen LogP contribution in [0.15, 0.2) is 24.3 Å². The van der Waals surface area contributed by atoms with Gasteiger partial charge in [0, 0.05) is 19.1 Å². The van der Waals surface area contributed by atoms with Gasteiger partial charge in [-0.25, -0.2) is 0 Å². The zero-order chi connectivity index (χ0) is 15.1. The Labute approximate surface area is 140 Å². The van der Waals surface area contributed by atoms with Crippen LogP contribution in [0, 0.1) is 0 Å². The molecule has 0 aliphatic carbocycles. The highest BCUT2D eigenvalue weighted by Crippen LogP contribution is 2.13. The van der Waals surface area contributed by atoms with E-state index in [1.54, 1.807) is 0 Å². The van der Waals surface area contributed by atoms with Crippen molar-refractivity contribution in [3.63, 3.8) is 0 Å². The highest BCUT2D eigenvalue weighted by molar-refractivity contribution is 5.85. The van der Waals surface area contributed by atoms with Gasteiger partial charge in [0.2, 0.25) is 5.91 Å². The van der Waals surface area contributed by atoms with E-state index in [0.29, 0.717) is 12.5 Å². The zero-order valence-corrected chi connectivity index (χ0v) is 14.6. The normalized spacial score (nSPS) is 15.5. The number of benzene rings is 1. The first-order valence-corrected chi connectivity index (χ1v) is 8.25. The fraction of sp³-hybridized carbons (Fsp3) is 0.611. The molecule has 1 aliphatic rings. The minimum atomic E-state index is 0. The molecule has 1 heterocycles. The van der Waals surface area contributed by atoms with Gasteiger partial charge in [-0.05, 0) is 43.9 Å². The molecule has 1 N–H and O–H groups in total. The number of nitrogens with zero attached hydrogens (tertiary/aromatic N) is 1. The molecule has 124 valence electrons. The minimum Gasteiger partial charge on any atom is -0.342 e. The molecular weight excluding hydrogens is 296 g/mol. The Kier molecular flexibility index (Phi) is 8.51. The van der Waals surface area contributed by atoms with E-state index in [1.807, 2.05) is 11.9 Å². The molecule has 1 aromatic rings. The van der Waals surface area contributed by atoms with E-state index in [4.69, 9.17) is 0 Å². The summed E-state index contributed by atoms with van der Waals surface area (Å²) in [5.41, 5.74) is 2.51. The molecule has 4 heteroatoms. The molecule has 0 saturated carbocycles. The molecule has 22 heavy (non-hydrogen) atoms. The Morgan fingerprint density at radius 2 is 1.77 bits per heavy atom. The van der Waals surface area contributed by atoms with Gasteiger partial charge in [0.25, 0.3) is 0 Å². The van der Waals surface area contributed by atoms with Crippen LogP contribution in [0.25, 0.3) is 0 Å². The second-order valence-electron chi connectivity index (χ2n) is 6.04. The summed E-state index contributed by atoms with van der Waals surface area (Å²) in [5, 5.41) is 3.30. The lowest BCUT2D eigenvalue weighted by Crippen LogP contribution is -2.44. The van der Waals surface area contributed by atoms with Crippen molar-refractivity contribution in [2.24, 2.45) is 0 Å². The van der Waals surface area contributed by atoms with Crippen LogP contribution in [0.3, 0.4) is 0 Å². The lowest BCUT2D eigenvalue weighted by atomic mass is 10.0. The van der Waals surface area contributed by atoms with E-state index < -0.39 is 0 Å². The van der Waals surface area contributed by atoms with E-state index in [0.717, 1.165) is 37.9 Å². The van der Waals surface area contributed by atoms with E-state index >= 15 is 0 Å². The highest BCUT2D eigenvalue weighted by Gasteiger charge is 2.21. The summed E-state index contributed by atoms with van der Waals surface area (Å²) >= 11 is 0. The number of likely N-dealkylation sites (tertiary alicyclic amines) is 1. The van der Waals surface area contributed by atoms with Gasteiger partial charge in [0.05, 0.1) is 6.42 Å². The number of unbranched alkanes of at least 4 members (excludes halogenated alkanes) is 1. The van der Waals surface area contributed by atoms with Crippen LogP contribution in [0.2, 0.25) is 0 Å². The largest absolute Gasteiger partial charge is 0.342 e. The Bertz CT molecular complexity index is 439. The second kappa shape index (κ2) is 9.86. The quantitative estimate of drug-likeness (QED) is 0.871. The van der Waals surface area contributed by atoms with Crippen molar-refractivity contribution in [1.29, 1.82) is 0 Å². The van der Waals surface area contributed by atoms with Gasteiger partial charge in [0.15, 0.2) is 0 Å². The van der Waals surface area contributed by atoms with Crippen molar-refractivity contribution in [3.8, 4) is 0 Å². The van der Waals surface area contributed by atoms with Crippen LogP contribution in [0.5, 0.6) is 0 Å². The molecule has 0 radical (unpaired) electrons. The summed E-state index contributed by atoms with van der Waals surface area (Å²) in [7, 11) is 2.00. The topological polar surface area (TPSA) is 32.3 Å². The average molecular weight is 325 g/mol. The summed E-state index contributed by atoms with van der Waals surface area (Å²) < 4.78 is 0. The van der Waals surface area contributed by atoms with Gasteiger partial charge in [0.1, 0.15) is 0 Å². The summed E-state index contributed by atoms with van der Waals surface area (Å²) in [6, 6.07) is 9.15. The summed E-state index contributed by atoms with van der Waals surface area (Å²) in [5.74, 6) is 0.269. The number of carbonyl (C=O) groups is 1. The summed E-state index contributed by atoms with van der Waals surface area (Å²) in [6.45, 7) is 3.99. The summed E-state index contributed by atoms with van der Waals surface area (Å²) in [6.07, 6.45) is 6.28. The molecule has 0 bridgehead atoms. The second-order valence-corrected chi connectivity index (χ2v) is 6.04. The molecule has 0 unspecified atom stereocenters. The van der Waals surface area contributed by atoms with Crippen molar-refractivity contribution < 1.29 is 4.79 Å². The number of hydrogen-bond donors (Lipinski definition) is 1. The molecule has 1 fully saturated rings. The molecule has 1 saturated heterocycles. The standard InChI is InChI=1S/C18H28N2O.ClH/c1-3-4-5-15-6-8-16(9-7-15)14-18(21)20-12-10-17(19-2)11-13-20;/h6-9,17,19H,3-5,10-14H2,1-2H3;1H. The molecule has 0 aromatic heterocycles. The number of hydrogen-bond acceptors (Lipinski definition) is 2. The number of carbonyl (C=O) groups excluding carboxylic acids is 1. The minimum absolute atomic E-state index is 0. The average Bonchev–Trinajstić information content (AvgIpc) is 2.54. The lowest BCUT2D eigenvalue weighted by Gasteiger charge is -2.31. The molecule has 1 amide bonds. The van der Waals surface area contributed by atoms with E-state index in [-0.39, 0.29) is 18.3 Å². The van der Waals surface area contributed by atoms with Crippen LogP contribution in [0.4, 0.5) is 0 Å². The third kappa shape index (κ3) is 5.62. The maximum atomic E-state index is 12.3. The van der Waals surface area contributed by atoms with E-state index in [2.05, 4.69) is 36.5 Å². The fourth-order valence-corrected chi connectivity index (χ4v) is 2.91. The maximum absolute atomic E-state index is 12.3. The summed E-state index contributed by atoms with van der Waals surface area (Å²) in [4.78, 5) is 14.3. The Hall–Kier alpha value is -1.06. The Morgan fingerprint density at radius 1 is 1.18 bits per heavy atom. The predicted molar refractivity (Wildman–Crippen MR) is 94.7 cm³/mol. The molecule has 2 rings (SSSR count). The first-order valence-electron chi connectivity index (χ1n) is 8.25. The van der Waals surface area contributed by atoms with Crippen LogP contribution in [0.1, 0.15) is 43.7 Å². The molecule has 0 atom stereocenters. The number of halogens is 1. The number of nitrogens with one attached hydrogen (secondary N) is 1. The van der Waals surface area contributed by atoms with Gasteiger partial charge < -0.3 is 10.2 Å². The number of aryl methyl sites for hydroxylation is 1. The first kappa shape index (κ1) is 19.0. The van der Waals surface area contributed by atoms with Gasteiger partial charge in [-0.15, -0.1) is 12.4 Å². The van der Waals surface area contributed by atoms with Gasteiger partial charge in [-0.1, -0.05) is 37.6 Å². The van der Waals surface area contributed by atoms with Crippen molar-refractivity contribution in [3.05, 3.63) is 35.4 Å². The zero-order valence-electron chi connectivity index (χ0n) is 13.8. The van der Waals surface area contributed by atoms with Gasteiger partial charge in [-0.3, -0.25) is 4.79 Å². The van der Waals surface area contributed by atoms with Crippen LogP contribution in [-0.2, 0) is 17.6 Å². The van der Waals surface area contributed by atoms with Crippen LogP contribution < -0.4 is 5.32 Å². The molecule has 3 nitrogen and oxygen atoms in total. The highest BCUT2D eigenvalue weighted by atomic mass is 35.5. The smallest absolute Gasteiger partial charge is 0.226 e. The first-order chi connectivity index (χ1) is 10.2. The van der Waals surface area contributed by atoms with Crippen molar-refractivity contribution >= 4 is 18.3 Å². The SMILES string of the molecule is CCCCc1ccc(CC(=O)N2CCC(NC)CC2)cc1.Cl. The van der Waals surface area contributed by atoms with Gasteiger partial charge in [-0.2, -0.15) is 0 Å². The monoisotopic (exact) mass is 324 g/mol. The van der Waals surface area contributed by atoms with Crippen LogP contribution >= 0.6 is 12.4 Å². The lowest BCUT2D eigenvalue weighted by molar-refractivity contribution is -0.131. The van der Waals surface area contributed by atoms with Crippen molar-refractivity contribution in [2.45, 2.75) is 51.5 Å². The number of rotatable bonds is 6. The van der Waals surface area contributed by atoms with Gasteiger partial charge >= 0.3 is 0 Å². The molecule has 1 aromatic carbocycles. The third-order valence-corrected chi connectivity index (χ3v) is 4.45. The molecule has 1 aliphatic heterocycles. The Morgan fingerprint density at radius 3 is 2.32 bits per heavy atom.